The van der Waals surface area contributed by atoms with Gasteiger partial charge in [-0.1, -0.05) is 28.8 Å². The van der Waals surface area contributed by atoms with E-state index >= 15 is 0 Å². The summed E-state index contributed by atoms with van der Waals surface area (Å²) in [6, 6.07) is 9.66. The Kier molecular flexibility index (Phi) is 4.91. The summed E-state index contributed by atoms with van der Waals surface area (Å²) in [4.78, 5) is 12.2. The average Bonchev–Trinajstić information content (AvgIpc) is 3.04. The van der Waals surface area contributed by atoms with Crippen LogP contribution in [-0.4, -0.2) is 22.1 Å². The maximum atomic E-state index is 12.2. The number of hydrogen-bond acceptors (Lipinski definition) is 4. The maximum Gasteiger partial charge on any atom is 0.276 e. The van der Waals surface area contributed by atoms with Crippen molar-refractivity contribution in [3.8, 4) is 0 Å². The fourth-order valence-electron chi connectivity index (χ4n) is 2.73. The molecule has 1 heterocycles. The van der Waals surface area contributed by atoms with Gasteiger partial charge in [0.2, 0.25) is 0 Å². The average molecular weight is 375 g/mol. The standard InChI is InChI=1S/C17H19BrN4O/c1-11-10-13(6-7-14(11)18)20-17(23)15-8-9-16(22-21-15)19-12-4-2-3-5-12/h6-10,12H,2-5H2,1H3,(H,19,22)(H,20,23). The van der Waals surface area contributed by atoms with Gasteiger partial charge in [-0.25, -0.2) is 0 Å². The first-order valence-electron chi connectivity index (χ1n) is 7.79. The zero-order valence-corrected chi connectivity index (χ0v) is 14.6. The number of carbonyl (C=O) groups excluding carboxylic acids is 1. The Morgan fingerprint density at radius 2 is 1.96 bits per heavy atom. The van der Waals surface area contributed by atoms with Crippen LogP contribution in [0.25, 0.3) is 0 Å². The van der Waals surface area contributed by atoms with Crippen molar-refractivity contribution in [3.63, 3.8) is 0 Å². The van der Waals surface area contributed by atoms with E-state index in [2.05, 4.69) is 36.8 Å². The van der Waals surface area contributed by atoms with Crippen molar-refractivity contribution < 1.29 is 4.79 Å². The van der Waals surface area contributed by atoms with E-state index in [9.17, 15) is 4.79 Å². The minimum Gasteiger partial charge on any atom is -0.366 e. The van der Waals surface area contributed by atoms with Gasteiger partial charge >= 0.3 is 0 Å². The number of aromatic nitrogens is 2. The Labute approximate surface area is 144 Å². The van der Waals surface area contributed by atoms with Gasteiger partial charge in [0.25, 0.3) is 5.91 Å². The van der Waals surface area contributed by atoms with Crippen LogP contribution < -0.4 is 10.6 Å². The van der Waals surface area contributed by atoms with Crippen molar-refractivity contribution in [2.75, 3.05) is 10.6 Å². The molecule has 6 heteroatoms. The second-order valence-electron chi connectivity index (χ2n) is 5.85. The number of rotatable bonds is 4. The number of halogens is 1. The third-order valence-corrected chi connectivity index (χ3v) is 4.91. The minimum atomic E-state index is -0.258. The highest BCUT2D eigenvalue weighted by atomic mass is 79.9. The normalized spacial score (nSPS) is 14.7. The van der Waals surface area contributed by atoms with Gasteiger partial charge < -0.3 is 10.6 Å². The molecule has 2 N–H and O–H groups in total. The van der Waals surface area contributed by atoms with E-state index in [0.29, 0.717) is 11.7 Å². The Morgan fingerprint density at radius 1 is 1.17 bits per heavy atom. The Balaban J connectivity index is 1.63. The number of hydrogen-bond donors (Lipinski definition) is 2. The van der Waals surface area contributed by atoms with Gasteiger partial charge in [-0.3, -0.25) is 4.79 Å². The van der Waals surface area contributed by atoms with E-state index in [-0.39, 0.29) is 5.91 Å². The first kappa shape index (κ1) is 15.9. The van der Waals surface area contributed by atoms with Crippen molar-refractivity contribution in [1.29, 1.82) is 0 Å². The first-order chi connectivity index (χ1) is 11.1. The molecule has 1 aromatic heterocycles. The molecule has 120 valence electrons. The zero-order valence-electron chi connectivity index (χ0n) is 13.0. The van der Waals surface area contributed by atoms with E-state index in [1.807, 2.05) is 31.2 Å². The number of aryl methyl sites for hydroxylation is 1. The van der Waals surface area contributed by atoms with Gasteiger partial charge in [-0.2, -0.15) is 0 Å². The fourth-order valence-corrected chi connectivity index (χ4v) is 2.97. The highest BCUT2D eigenvalue weighted by Crippen LogP contribution is 2.22. The molecule has 2 aromatic rings. The van der Waals surface area contributed by atoms with Crippen LogP contribution in [0.15, 0.2) is 34.8 Å². The van der Waals surface area contributed by atoms with Crippen LogP contribution in [0.1, 0.15) is 41.7 Å². The van der Waals surface area contributed by atoms with Gasteiger partial charge in [0, 0.05) is 16.2 Å². The molecule has 0 unspecified atom stereocenters. The summed E-state index contributed by atoms with van der Waals surface area (Å²) in [6.07, 6.45) is 4.87. The van der Waals surface area contributed by atoms with Gasteiger partial charge in [-0.05, 0) is 55.7 Å². The molecule has 0 aliphatic heterocycles. The third-order valence-electron chi connectivity index (χ3n) is 4.02. The fraction of sp³-hybridized carbons (Fsp3) is 0.353. The monoisotopic (exact) mass is 374 g/mol. The number of carbonyl (C=O) groups is 1. The van der Waals surface area contributed by atoms with Gasteiger partial charge in [-0.15, -0.1) is 10.2 Å². The van der Waals surface area contributed by atoms with E-state index in [1.165, 1.54) is 25.7 Å². The quantitative estimate of drug-likeness (QED) is 0.843. The molecular weight excluding hydrogens is 356 g/mol. The van der Waals surface area contributed by atoms with Crippen molar-refractivity contribution >= 4 is 33.3 Å². The number of benzene rings is 1. The second kappa shape index (κ2) is 7.08. The molecule has 1 fully saturated rings. The number of nitrogens with zero attached hydrogens (tertiary/aromatic N) is 2. The predicted molar refractivity (Wildman–Crippen MR) is 94.7 cm³/mol. The lowest BCUT2D eigenvalue weighted by Gasteiger charge is -2.12. The largest absolute Gasteiger partial charge is 0.366 e. The van der Waals surface area contributed by atoms with Crippen molar-refractivity contribution in [1.82, 2.24) is 10.2 Å². The summed E-state index contributed by atoms with van der Waals surface area (Å²) in [6.45, 7) is 1.98. The molecule has 0 atom stereocenters. The molecular formula is C17H19BrN4O. The molecule has 1 aliphatic rings. The van der Waals surface area contributed by atoms with Gasteiger partial charge in [0.05, 0.1) is 0 Å². The van der Waals surface area contributed by atoms with E-state index in [1.54, 1.807) is 6.07 Å². The van der Waals surface area contributed by atoms with Crippen LogP contribution in [0.4, 0.5) is 11.5 Å². The van der Waals surface area contributed by atoms with Crippen molar-refractivity contribution in [2.24, 2.45) is 0 Å². The molecule has 1 saturated carbocycles. The van der Waals surface area contributed by atoms with E-state index in [4.69, 9.17) is 0 Å². The minimum absolute atomic E-state index is 0.258. The third kappa shape index (κ3) is 4.07. The van der Waals surface area contributed by atoms with Crippen LogP contribution in [-0.2, 0) is 0 Å². The summed E-state index contributed by atoms with van der Waals surface area (Å²) < 4.78 is 1.01. The molecule has 1 amide bonds. The Hall–Kier alpha value is -1.95. The molecule has 1 aliphatic carbocycles. The van der Waals surface area contributed by atoms with Gasteiger partial charge in [0.15, 0.2) is 5.69 Å². The molecule has 23 heavy (non-hydrogen) atoms. The summed E-state index contributed by atoms with van der Waals surface area (Å²) in [7, 11) is 0. The lowest BCUT2D eigenvalue weighted by Crippen LogP contribution is -2.18. The second-order valence-corrected chi connectivity index (χ2v) is 6.70. The van der Waals surface area contributed by atoms with Crippen LogP contribution in [0.5, 0.6) is 0 Å². The summed E-state index contributed by atoms with van der Waals surface area (Å²) in [5.74, 6) is 0.472. The zero-order chi connectivity index (χ0) is 16.2. The first-order valence-corrected chi connectivity index (χ1v) is 8.59. The molecule has 1 aromatic carbocycles. The Morgan fingerprint density at radius 3 is 2.61 bits per heavy atom. The molecule has 0 spiro atoms. The smallest absolute Gasteiger partial charge is 0.276 e. The highest BCUT2D eigenvalue weighted by molar-refractivity contribution is 9.10. The SMILES string of the molecule is Cc1cc(NC(=O)c2ccc(NC3CCCC3)nn2)ccc1Br. The number of nitrogens with one attached hydrogen (secondary N) is 2. The summed E-state index contributed by atoms with van der Waals surface area (Å²) >= 11 is 3.44. The summed E-state index contributed by atoms with van der Waals surface area (Å²) in [5, 5.41) is 14.3. The predicted octanol–water partition coefficient (Wildman–Crippen LogP) is 4.15. The highest BCUT2D eigenvalue weighted by Gasteiger charge is 2.15. The number of anilines is 2. The Bertz CT molecular complexity index is 696. The van der Waals surface area contributed by atoms with Crippen LogP contribution in [0.2, 0.25) is 0 Å². The van der Waals surface area contributed by atoms with Crippen LogP contribution in [0.3, 0.4) is 0 Å². The molecule has 5 nitrogen and oxygen atoms in total. The lowest BCUT2D eigenvalue weighted by atomic mass is 10.2. The van der Waals surface area contributed by atoms with Crippen molar-refractivity contribution in [2.45, 2.75) is 38.6 Å². The maximum absolute atomic E-state index is 12.2. The van der Waals surface area contributed by atoms with E-state index < -0.39 is 0 Å². The van der Waals surface area contributed by atoms with Crippen molar-refractivity contribution in [3.05, 3.63) is 46.1 Å². The summed E-state index contributed by atoms with van der Waals surface area (Å²) in [5.41, 5.74) is 2.11. The van der Waals surface area contributed by atoms with Crippen LogP contribution >= 0.6 is 15.9 Å². The molecule has 0 bridgehead atoms. The topological polar surface area (TPSA) is 66.9 Å². The number of amides is 1. The molecule has 0 saturated heterocycles. The lowest BCUT2D eigenvalue weighted by molar-refractivity contribution is 0.102. The molecule has 0 radical (unpaired) electrons. The van der Waals surface area contributed by atoms with E-state index in [0.717, 1.165) is 21.5 Å². The van der Waals surface area contributed by atoms with Crippen LogP contribution in [0, 0.1) is 6.92 Å². The molecule has 3 rings (SSSR count). The van der Waals surface area contributed by atoms with Gasteiger partial charge in [0.1, 0.15) is 5.82 Å².